The number of rotatable bonds is 8. The van der Waals surface area contributed by atoms with Gasteiger partial charge in [-0.1, -0.05) is 43.0 Å². The third kappa shape index (κ3) is 5.60. The number of nitrogens with zero attached hydrogens (tertiary/aromatic N) is 1. The van der Waals surface area contributed by atoms with Gasteiger partial charge in [0.15, 0.2) is 0 Å². The monoisotopic (exact) mass is 449 g/mol. The summed E-state index contributed by atoms with van der Waals surface area (Å²) in [6.45, 7) is 0.823. The lowest BCUT2D eigenvalue weighted by atomic mass is 9.95. The van der Waals surface area contributed by atoms with E-state index in [4.69, 9.17) is 17.3 Å². The Morgan fingerprint density at radius 1 is 1.10 bits per heavy atom. The highest BCUT2D eigenvalue weighted by atomic mass is 35.5. The molecule has 30 heavy (non-hydrogen) atoms. The smallest absolute Gasteiger partial charge is 0.255 e. The zero-order valence-corrected chi connectivity index (χ0v) is 18.5. The van der Waals surface area contributed by atoms with E-state index in [1.54, 1.807) is 46.8 Å². The van der Waals surface area contributed by atoms with Crippen molar-refractivity contribution in [2.45, 2.75) is 49.5 Å². The first kappa shape index (κ1) is 22.7. The van der Waals surface area contributed by atoms with Crippen LogP contribution in [0.25, 0.3) is 0 Å². The molecule has 6 nitrogen and oxygen atoms in total. The number of sulfonamides is 1. The van der Waals surface area contributed by atoms with Gasteiger partial charge in [-0.15, -0.1) is 0 Å². The number of hydrogen-bond donors (Lipinski definition) is 2. The standard InChI is InChI=1S/C22H28ClN3O3S/c23-18-8-5-9-19(16-18)25-22(27)17-7-4-12-21(15-17)30(28,29)26(14-6-13-24)20-10-2-1-3-11-20/h4-5,7-9,12,15-16,20H,1-3,6,10-11,13-14,24H2,(H,25,27). The molecule has 0 aromatic heterocycles. The second-order valence-corrected chi connectivity index (χ2v) is 9.87. The summed E-state index contributed by atoms with van der Waals surface area (Å²) in [5, 5.41) is 3.26. The van der Waals surface area contributed by atoms with Crippen molar-refractivity contribution >= 4 is 33.2 Å². The molecule has 162 valence electrons. The molecule has 8 heteroatoms. The maximum atomic E-state index is 13.5. The fourth-order valence-electron chi connectivity index (χ4n) is 3.82. The predicted octanol–water partition coefficient (Wildman–Crippen LogP) is 4.26. The number of nitrogens with two attached hydrogens (primary N) is 1. The van der Waals surface area contributed by atoms with Crippen LogP contribution < -0.4 is 11.1 Å². The Balaban J connectivity index is 1.85. The number of hydrogen-bond acceptors (Lipinski definition) is 4. The number of carbonyl (C=O) groups excluding carboxylic acids is 1. The van der Waals surface area contributed by atoms with Crippen molar-refractivity contribution in [3.8, 4) is 0 Å². The fraction of sp³-hybridized carbons (Fsp3) is 0.409. The van der Waals surface area contributed by atoms with E-state index in [-0.39, 0.29) is 22.4 Å². The molecule has 0 bridgehead atoms. The highest BCUT2D eigenvalue weighted by Gasteiger charge is 2.32. The minimum Gasteiger partial charge on any atom is -0.330 e. The third-order valence-corrected chi connectivity index (χ3v) is 7.53. The molecule has 0 unspecified atom stereocenters. The molecule has 1 amide bonds. The van der Waals surface area contributed by atoms with Crippen molar-refractivity contribution in [3.63, 3.8) is 0 Å². The average Bonchev–Trinajstić information content (AvgIpc) is 2.75. The summed E-state index contributed by atoms with van der Waals surface area (Å²) >= 11 is 5.96. The number of amides is 1. The van der Waals surface area contributed by atoms with Gasteiger partial charge in [0.25, 0.3) is 5.91 Å². The van der Waals surface area contributed by atoms with Crippen LogP contribution in [0.5, 0.6) is 0 Å². The maximum absolute atomic E-state index is 13.5. The van der Waals surface area contributed by atoms with Gasteiger partial charge < -0.3 is 11.1 Å². The largest absolute Gasteiger partial charge is 0.330 e. The summed E-state index contributed by atoms with van der Waals surface area (Å²) in [6, 6.07) is 13.0. The van der Waals surface area contributed by atoms with E-state index in [0.717, 1.165) is 32.1 Å². The first-order valence-corrected chi connectivity index (χ1v) is 12.1. The Bertz CT molecular complexity index is 975. The lowest BCUT2D eigenvalue weighted by molar-refractivity contribution is 0.102. The Kier molecular flexibility index (Phi) is 7.88. The van der Waals surface area contributed by atoms with Gasteiger partial charge in [-0.25, -0.2) is 8.42 Å². The van der Waals surface area contributed by atoms with Crippen molar-refractivity contribution in [2.24, 2.45) is 5.73 Å². The van der Waals surface area contributed by atoms with Crippen LogP contribution in [0.3, 0.4) is 0 Å². The SMILES string of the molecule is NCCCN(C1CCCCC1)S(=O)(=O)c1cccc(C(=O)Nc2cccc(Cl)c2)c1. The summed E-state index contributed by atoms with van der Waals surface area (Å²) in [4.78, 5) is 12.8. The second kappa shape index (κ2) is 10.4. The molecule has 0 heterocycles. The molecule has 2 aromatic carbocycles. The number of nitrogens with one attached hydrogen (secondary N) is 1. The van der Waals surface area contributed by atoms with Gasteiger partial charge in [-0.2, -0.15) is 4.31 Å². The van der Waals surface area contributed by atoms with Crippen LogP contribution in [-0.4, -0.2) is 37.8 Å². The maximum Gasteiger partial charge on any atom is 0.255 e. The number of benzene rings is 2. The normalized spacial score (nSPS) is 15.3. The summed E-state index contributed by atoms with van der Waals surface area (Å²) < 4.78 is 28.5. The molecular formula is C22H28ClN3O3S. The van der Waals surface area contributed by atoms with Crippen LogP contribution >= 0.6 is 11.6 Å². The Morgan fingerprint density at radius 2 is 1.83 bits per heavy atom. The van der Waals surface area contributed by atoms with Crippen molar-refractivity contribution in [2.75, 3.05) is 18.4 Å². The molecule has 0 aliphatic heterocycles. The summed E-state index contributed by atoms with van der Waals surface area (Å²) in [7, 11) is -3.73. The zero-order valence-electron chi connectivity index (χ0n) is 16.9. The van der Waals surface area contributed by atoms with E-state index in [1.807, 2.05) is 0 Å². The van der Waals surface area contributed by atoms with Gasteiger partial charge in [0.1, 0.15) is 0 Å². The molecule has 1 aliphatic rings. The van der Waals surface area contributed by atoms with E-state index < -0.39 is 10.0 Å². The predicted molar refractivity (Wildman–Crippen MR) is 120 cm³/mol. The van der Waals surface area contributed by atoms with Gasteiger partial charge >= 0.3 is 0 Å². The van der Waals surface area contributed by atoms with E-state index >= 15 is 0 Å². The van der Waals surface area contributed by atoms with E-state index in [2.05, 4.69) is 5.32 Å². The van der Waals surface area contributed by atoms with Gasteiger partial charge in [-0.05, 0) is 62.2 Å². The van der Waals surface area contributed by atoms with Crippen LogP contribution in [0, 0.1) is 0 Å². The summed E-state index contributed by atoms with van der Waals surface area (Å²) in [5.74, 6) is -0.388. The average molecular weight is 450 g/mol. The van der Waals surface area contributed by atoms with Crippen molar-refractivity contribution < 1.29 is 13.2 Å². The van der Waals surface area contributed by atoms with Crippen molar-refractivity contribution in [3.05, 3.63) is 59.1 Å². The van der Waals surface area contributed by atoms with Crippen LogP contribution in [0.1, 0.15) is 48.9 Å². The molecule has 0 saturated heterocycles. The van der Waals surface area contributed by atoms with Crippen LogP contribution in [-0.2, 0) is 10.0 Å². The van der Waals surface area contributed by atoms with Crippen LogP contribution in [0.4, 0.5) is 5.69 Å². The lowest BCUT2D eigenvalue weighted by Crippen LogP contribution is -2.42. The Hall–Kier alpha value is -1.93. The van der Waals surface area contributed by atoms with Crippen molar-refractivity contribution in [1.29, 1.82) is 0 Å². The van der Waals surface area contributed by atoms with Gasteiger partial charge in [0.05, 0.1) is 4.90 Å². The lowest BCUT2D eigenvalue weighted by Gasteiger charge is -2.33. The Labute approximate surface area is 183 Å². The minimum atomic E-state index is -3.73. The number of carbonyl (C=O) groups is 1. The van der Waals surface area contributed by atoms with Gasteiger partial charge in [0.2, 0.25) is 10.0 Å². The third-order valence-electron chi connectivity index (χ3n) is 5.35. The van der Waals surface area contributed by atoms with Crippen LogP contribution in [0.15, 0.2) is 53.4 Å². The van der Waals surface area contributed by atoms with Gasteiger partial charge in [0, 0.05) is 28.9 Å². The molecular weight excluding hydrogens is 422 g/mol. The quantitative estimate of drug-likeness (QED) is 0.629. The van der Waals surface area contributed by atoms with Crippen molar-refractivity contribution in [1.82, 2.24) is 4.31 Å². The summed E-state index contributed by atoms with van der Waals surface area (Å²) in [6.07, 6.45) is 5.52. The molecule has 2 aromatic rings. The molecule has 3 rings (SSSR count). The number of halogens is 1. The van der Waals surface area contributed by atoms with E-state index in [9.17, 15) is 13.2 Å². The molecule has 1 aliphatic carbocycles. The van der Waals surface area contributed by atoms with Crippen LogP contribution in [0.2, 0.25) is 5.02 Å². The molecule has 1 fully saturated rings. The minimum absolute atomic E-state index is 0.0146. The molecule has 0 atom stereocenters. The fourth-order valence-corrected chi connectivity index (χ4v) is 5.78. The highest BCUT2D eigenvalue weighted by Crippen LogP contribution is 2.28. The molecule has 0 spiro atoms. The molecule has 0 radical (unpaired) electrons. The Morgan fingerprint density at radius 3 is 2.53 bits per heavy atom. The highest BCUT2D eigenvalue weighted by molar-refractivity contribution is 7.89. The van der Waals surface area contributed by atoms with Gasteiger partial charge in [-0.3, -0.25) is 4.79 Å². The van der Waals surface area contributed by atoms with E-state index in [0.29, 0.717) is 30.2 Å². The van der Waals surface area contributed by atoms with E-state index in [1.165, 1.54) is 6.07 Å². The topological polar surface area (TPSA) is 92.5 Å². The first-order valence-electron chi connectivity index (χ1n) is 10.3. The zero-order chi connectivity index (χ0) is 21.6. The first-order chi connectivity index (χ1) is 14.4. The summed E-state index contributed by atoms with van der Waals surface area (Å²) in [5.41, 5.74) is 6.48. The molecule has 1 saturated carbocycles. The molecule has 3 N–H and O–H groups in total. The second-order valence-electron chi connectivity index (χ2n) is 7.54. The number of anilines is 1.